The second-order valence-corrected chi connectivity index (χ2v) is 2.99. The van der Waals surface area contributed by atoms with E-state index in [9.17, 15) is 4.79 Å². The average Bonchev–Trinajstić information content (AvgIpc) is 2.16. The van der Waals surface area contributed by atoms with Crippen molar-refractivity contribution in [3.8, 4) is 0 Å². The van der Waals surface area contributed by atoms with Gasteiger partial charge in [0.2, 0.25) is 5.91 Å². The molecule has 14 heavy (non-hydrogen) atoms. The second kappa shape index (κ2) is 8.72. The molecule has 4 nitrogen and oxygen atoms in total. The van der Waals surface area contributed by atoms with E-state index < -0.39 is 0 Å². The van der Waals surface area contributed by atoms with Gasteiger partial charge < -0.3 is 14.8 Å². The highest BCUT2D eigenvalue weighted by Crippen LogP contribution is 1.86. The number of carbonyl (C=O) groups is 1. The summed E-state index contributed by atoms with van der Waals surface area (Å²) >= 11 is 0. The number of carbonyl (C=O) groups excluding carboxylic acids is 1. The Hall–Kier alpha value is -0.870. The first-order valence-corrected chi connectivity index (χ1v) is 4.69. The Labute approximate surface area is 85.3 Å². The van der Waals surface area contributed by atoms with E-state index in [1.54, 1.807) is 14.0 Å². The Morgan fingerprint density at radius 1 is 1.36 bits per heavy atom. The zero-order valence-corrected chi connectivity index (χ0v) is 8.97. The number of hydrogen-bond donors (Lipinski definition) is 1. The Bertz CT molecular complexity index is 180. The van der Waals surface area contributed by atoms with Crippen molar-refractivity contribution >= 4 is 5.91 Å². The molecule has 0 saturated heterocycles. The highest BCUT2D eigenvalue weighted by molar-refractivity contribution is 5.91. The van der Waals surface area contributed by atoms with E-state index in [2.05, 4.69) is 11.9 Å². The highest BCUT2D eigenvalue weighted by atomic mass is 16.5. The van der Waals surface area contributed by atoms with Gasteiger partial charge in [-0.05, 0) is 13.3 Å². The fraction of sp³-hybridized carbons (Fsp3) is 0.700. The number of hydrogen-bond acceptors (Lipinski definition) is 3. The fourth-order valence-corrected chi connectivity index (χ4v) is 0.771. The lowest BCUT2D eigenvalue weighted by atomic mass is 10.3. The quantitative estimate of drug-likeness (QED) is 0.465. The summed E-state index contributed by atoms with van der Waals surface area (Å²) in [7, 11) is 1.64. The van der Waals surface area contributed by atoms with Crippen LogP contribution in [0.4, 0.5) is 0 Å². The van der Waals surface area contributed by atoms with Crippen LogP contribution in [0.15, 0.2) is 12.2 Å². The lowest BCUT2D eigenvalue weighted by Gasteiger charge is -2.05. The summed E-state index contributed by atoms with van der Waals surface area (Å²) in [5, 5.41) is 2.72. The van der Waals surface area contributed by atoms with Crippen LogP contribution in [-0.2, 0) is 14.3 Å². The summed E-state index contributed by atoms with van der Waals surface area (Å²) in [5.74, 6) is -0.0955. The summed E-state index contributed by atoms with van der Waals surface area (Å²) in [6.45, 7) is 7.69. The van der Waals surface area contributed by atoms with Crippen molar-refractivity contribution in [2.75, 3.05) is 33.5 Å². The zero-order chi connectivity index (χ0) is 10.8. The van der Waals surface area contributed by atoms with Crippen LogP contribution >= 0.6 is 0 Å². The Kier molecular flexibility index (Phi) is 8.17. The molecule has 0 heterocycles. The van der Waals surface area contributed by atoms with Crippen LogP contribution in [0.2, 0.25) is 0 Å². The molecule has 0 bridgehead atoms. The molecule has 1 N–H and O–H groups in total. The van der Waals surface area contributed by atoms with Gasteiger partial charge in [-0.25, -0.2) is 0 Å². The van der Waals surface area contributed by atoms with Crippen molar-refractivity contribution in [2.24, 2.45) is 0 Å². The van der Waals surface area contributed by atoms with Gasteiger partial charge in [0, 0.05) is 25.8 Å². The van der Waals surface area contributed by atoms with E-state index in [4.69, 9.17) is 9.47 Å². The topological polar surface area (TPSA) is 47.6 Å². The summed E-state index contributed by atoms with van der Waals surface area (Å²) in [6, 6.07) is 0. The van der Waals surface area contributed by atoms with Crippen molar-refractivity contribution < 1.29 is 14.3 Å². The molecule has 0 rings (SSSR count). The molecule has 0 aromatic heterocycles. The Morgan fingerprint density at radius 2 is 2.07 bits per heavy atom. The molecule has 82 valence electrons. The zero-order valence-electron chi connectivity index (χ0n) is 8.97. The smallest absolute Gasteiger partial charge is 0.246 e. The number of nitrogens with one attached hydrogen (secondary N) is 1. The molecule has 0 fully saturated rings. The van der Waals surface area contributed by atoms with E-state index in [1.165, 1.54) is 0 Å². The van der Waals surface area contributed by atoms with Gasteiger partial charge >= 0.3 is 0 Å². The number of methoxy groups -OCH3 is 1. The number of amides is 1. The van der Waals surface area contributed by atoms with Crippen LogP contribution in [0, 0.1) is 0 Å². The van der Waals surface area contributed by atoms with Gasteiger partial charge in [-0.15, -0.1) is 0 Å². The van der Waals surface area contributed by atoms with Crippen LogP contribution in [0.5, 0.6) is 0 Å². The minimum Gasteiger partial charge on any atom is -0.382 e. The van der Waals surface area contributed by atoms with E-state index in [0.29, 0.717) is 31.9 Å². The number of rotatable bonds is 8. The van der Waals surface area contributed by atoms with Crippen molar-refractivity contribution in [1.82, 2.24) is 5.32 Å². The maximum absolute atomic E-state index is 11.0. The maximum atomic E-state index is 11.0. The predicted octanol–water partition coefficient (Wildman–Crippen LogP) is 0.732. The van der Waals surface area contributed by atoms with Crippen molar-refractivity contribution in [1.29, 1.82) is 0 Å². The average molecular weight is 201 g/mol. The lowest BCUT2D eigenvalue weighted by molar-refractivity contribution is -0.117. The molecule has 0 saturated carbocycles. The van der Waals surface area contributed by atoms with Gasteiger partial charge in [-0.1, -0.05) is 6.58 Å². The lowest BCUT2D eigenvalue weighted by Crippen LogP contribution is -2.25. The third-order valence-corrected chi connectivity index (χ3v) is 1.57. The SMILES string of the molecule is C=C(C)C(=O)NCCCOCCOC. The third-order valence-electron chi connectivity index (χ3n) is 1.57. The summed E-state index contributed by atoms with van der Waals surface area (Å²) in [4.78, 5) is 11.0. The molecule has 1 amide bonds. The van der Waals surface area contributed by atoms with E-state index in [0.717, 1.165) is 6.42 Å². The van der Waals surface area contributed by atoms with Crippen LogP contribution in [0.25, 0.3) is 0 Å². The fourth-order valence-electron chi connectivity index (χ4n) is 0.771. The van der Waals surface area contributed by atoms with Crippen molar-refractivity contribution in [2.45, 2.75) is 13.3 Å². The van der Waals surface area contributed by atoms with Gasteiger partial charge in [0.1, 0.15) is 0 Å². The summed E-state index contributed by atoms with van der Waals surface area (Å²) < 4.78 is 10.0. The first-order chi connectivity index (χ1) is 6.68. The minimum absolute atomic E-state index is 0.0955. The van der Waals surface area contributed by atoms with Crippen LogP contribution in [0.1, 0.15) is 13.3 Å². The van der Waals surface area contributed by atoms with Crippen LogP contribution in [-0.4, -0.2) is 39.4 Å². The van der Waals surface area contributed by atoms with Crippen molar-refractivity contribution in [3.05, 3.63) is 12.2 Å². The van der Waals surface area contributed by atoms with Crippen molar-refractivity contribution in [3.63, 3.8) is 0 Å². The first kappa shape index (κ1) is 13.1. The van der Waals surface area contributed by atoms with E-state index in [-0.39, 0.29) is 5.91 Å². The molecular weight excluding hydrogens is 182 g/mol. The van der Waals surface area contributed by atoms with Gasteiger partial charge in [-0.2, -0.15) is 0 Å². The third kappa shape index (κ3) is 7.76. The highest BCUT2D eigenvalue weighted by Gasteiger charge is 1.98. The molecule has 0 unspecified atom stereocenters. The van der Waals surface area contributed by atoms with Gasteiger partial charge in [0.05, 0.1) is 13.2 Å². The number of ether oxygens (including phenoxy) is 2. The molecule has 0 radical (unpaired) electrons. The molecule has 0 aromatic rings. The maximum Gasteiger partial charge on any atom is 0.246 e. The second-order valence-electron chi connectivity index (χ2n) is 2.99. The Balaban J connectivity index is 3.13. The molecule has 0 aliphatic rings. The first-order valence-electron chi connectivity index (χ1n) is 4.69. The molecule has 0 aromatic carbocycles. The standard InChI is InChI=1S/C10H19NO3/c1-9(2)10(12)11-5-4-6-14-8-7-13-3/h1,4-8H2,2-3H3,(H,11,12). The normalized spacial score (nSPS) is 9.86. The predicted molar refractivity (Wildman–Crippen MR) is 55.1 cm³/mol. The van der Waals surface area contributed by atoms with E-state index in [1.807, 2.05) is 0 Å². The summed E-state index contributed by atoms with van der Waals surface area (Å²) in [5.41, 5.74) is 0.533. The molecule has 0 aliphatic carbocycles. The largest absolute Gasteiger partial charge is 0.382 e. The molecule has 0 atom stereocenters. The Morgan fingerprint density at radius 3 is 2.64 bits per heavy atom. The molecular formula is C10H19NO3. The molecule has 0 aliphatic heterocycles. The van der Waals surface area contributed by atoms with Gasteiger partial charge in [0.15, 0.2) is 0 Å². The van der Waals surface area contributed by atoms with Gasteiger partial charge in [0.25, 0.3) is 0 Å². The molecule has 4 heteroatoms. The van der Waals surface area contributed by atoms with Crippen LogP contribution < -0.4 is 5.32 Å². The monoisotopic (exact) mass is 201 g/mol. The van der Waals surface area contributed by atoms with Crippen LogP contribution in [0.3, 0.4) is 0 Å². The van der Waals surface area contributed by atoms with Gasteiger partial charge in [-0.3, -0.25) is 4.79 Å². The summed E-state index contributed by atoms with van der Waals surface area (Å²) in [6.07, 6.45) is 0.808. The van der Waals surface area contributed by atoms with E-state index >= 15 is 0 Å². The molecule has 0 spiro atoms. The minimum atomic E-state index is -0.0955.